The Hall–Kier alpha value is -3.19. The third-order valence-electron chi connectivity index (χ3n) is 8.04. The molecule has 7 rings (SSSR count). The summed E-state index contributed by atoms with van der Waals surface area (Å²) in [7, 11) is 0. The summed E-state index contributed by atoms with van der Waals surface area (Å²) in [6.07, 6.45) is 5.58. The number of nitrogens with zero attached hydrogens (tertiary/aromatic N) is 3. The van der Waals surface area contributed by atoms with Gasteiger partial charge in [0.1, 0.15) is 11.7 Å². The molecule has 174 valence electrons. The van der Waals surface area contributed by atoms with Crippen LogP contribution in [0, 0.1) is 11.8 Å². The number of hydrogen-bond donors (Lipinski definition) is 2. The molecule has 1 spiro atoms. The lowest BCUT2D eigenvalue weighted by molar-refractivity contribution is -0.140. The minimum atomic E-state index is -0.359. The molecule has 3 heterocycles. The average Bonchev–Trinajstić information content (AvgIpc) is 3.76. The van der Waals surface area contributed by atoms with Crippen LogP contribution < -0.4 is 10.6 Å². The number of nitrogens with one attached hydrogen (secondary N) is 2. The first-order valence-electron chi connectivity index (χ1n) is 12.5. The Morgan fingerprint density at radius 1 is 1.06 bits per heavy atom. The summed E-state index contributed by atoms with van der Waals surface area (Å²) in [4.78, 5) is 33.8. The van der Waals surface area contributed by atoms with Gasteiger partial charge in [-0.3, -0.25) is 19.9 Å². The highest BCUT2D eigenvalue weighted by Crippen LogP contribution is 2.46. The number of anilines is 1. The van der Waals surface area contributed by atoms with E-state index in [2.05, 4.69) is 58.1 Å². The molecule has 7 nitrogen and oxygen atoms in total. The molecule has 7 heteroatoms. The quantitative estimate of drug-likeness (QED) is 0.726. The molecule has 2 amide bonds. The van der Waals surface area contributed by atoms with Crippen molar-refractivity contribution in [3.63, 3.8) is 0 Å². The van der Waals surface area contributed by atoms with Gasteiger partial charge in [0.25, 0.3) is 0 Å². The molecule has 0 aromatic heterocycles. The predicted molar refractivity (Wildman–Crippen MR) is 130 cm³/mol. The summed E-state index contributed by atoms with van der Waals surface area (Å²) in [6, 6.07) is 15.0. The number of carbonyl (C=O) groups excluding carboxylic acids is 2. The first-order chi connectivity index (χ1) is 16.6. The van der Waals surface area contributed by atoms with Crippen molar-refractivity contribution in [1.82, 2.24) is 15.1 Å². The number of rotatable bonds is 5. The summed E-state index contributed by atoms with van der Waals surface area (Å²) in [5, 5.41) is 6.88. The van der Waals surface area contributed by atoms with Crippen LogP contribution in [0.1, 0.15) is 43.0 Å². The van der Waals surface area contributed by atoms with Crippen molar-refractivity contribution in [2.75, 3.05) is 25.0 Å². The monoisotopic (exact) mass is 455 g/mol. The van der Waals surface area contributed by atoms with Gasteiger partial charge < -0.3 is 15.1 Å². The Balaban J connectivity index is 1.08. The van der Waals surface area contributed by atoms with E-state index in [9.17, 15) is 9.59 Å². The first-order valence-corrected chi connectivity index (χ1v) is 12.5. The van der Waals surface area contributed by atoms with E-state index in [0.29, 0.717) is 24.9 Å². The fourth-order valence-electron chi connectivity index (χ4n) is 5.61. The van der Waals surface area contributed by atoms with Crippen molar-refractivity contribution < 1.29 is 9.59 Å². The molecule has 3 aliphatic heterocycles. The first kappa shape index (κ1) is 20.2. The molecule has 2 saturated carbocycles. The van der Waals surface area contributed by atoms with Crippen LogP contribution in [0.25, 0.3) is 11.1 Å². The van der Waals surface area contributed by atoms with Crippen LogP contribution >= 0.6 is 0 Å². The normalized spacial score (nSPS) is 24.7. The third-order valence-corrected chi connectivity index (χ3v) is 8.04. The summed E-state index contributed by atoms with van der Waals surface area (Å²) < 4.78 is 0. The topological polar surface area (TPSA) is 77.0 Å². The number of fused-ring (bicyclic) bond motifs is 1. The van der Waals surface area contributed by atoms with Gasteiger partial charge in [0.15, 0.2) is 0 Å². The zero-order valence-electron chi connectivity index (χ0n) is 19.2. The van der Waals surface area contributed by atoms with Gasteiger partial charge in [-0.1, -0.05) is 36.4 Å². The van der Waals surface area contributed by atoms with Crippen molar-refractivity contribution in [3.8, 4) is 11.1 Å². The van der Waals surface area contributed by atoms with Gasteiger partial charge in [-0.15, -0.1) is 0 Å². The Bertz CT molecular complexity index is 1190. The SMILES string of the molecule is O=C(C1CC1)N1CC(CN2C(=O)C3(CC3)NC2c2ccc(-c3ccc4c(c3)NC=NC4)cc2)C1. The zero-order valence-corrected chi connectivity index (χ0v) is 19.2. The second-order valence-electron chi connectivity index (χ2n) is 10.6. The van der Waals surface area contributed by atoms with E-state index in [1.807, 2.05) is 9.80 Å². The largest absolute Gasteiger partial charge is 0.346 e. The van der Waals surface area contributed by atoms with Crippen molar-refractivity contribution in [1.29, 1.82) is 0 Å². The lowest BCUT2D eigenvalue weighted by Gasteiger charge is -2.42. The second-order valence-corrected chi connectivity index (χ2v) is 10.6. The molecule has 2 N–H and O–H groups in total. The number of amides is 2. The zero-order chi connectivity index (χ0) is 22.9. The summed E-state index contributed by atoms with van der Waals surface area (Å²) in [5.41, 5.74) is 5.39. The van der Waals surface area contributed by atoms with Crippen LogP contribution in [0.5, 0.6) is 0 Å². The Morgan fingerprint density at radius 2 is 1.82 bits per heavy atom. The van der Waals surface area contributed by atoms with Crippen molar-refractivity contribution in [2.45, 2.75) is 43.9 Å². The maximum Gasteiger partial charge on any atom is 0.244 e. The molecule has 4 fully saturated rings. The van der Waals surface area contributed by atoms with E-state index >= 15 is 0 Å². The second kappa shape index (κ2) is 7.40. The van der Waals surface area contributed by atoms with Crippen LogP contribution in [0.2, 0.25) is 0 Å². The van der Waals surface area contributed by atoms with E-state index in [1.165, 1.54) is 5.56 Å². The van der Waals surface area contributed by atoms with Gasteiger partial charge in [0.05, 0.1) is 12.9 Å². The highest BCUT2D eigenvalue weighted by Gasteiger charge is 2.59. The van der Waals surface area contributed by atoms with E-state index in [-0.39, 0.29) is 23.5 Å². The molecule has 2 aromatic rings. The highest BCUT2D eigenvalue weighted by atomic mass is 16.2. The van der Waals surface area contributed by atoms with Crippen LogP contribution in [0.3, 0.4) is 0 Å². The van der Waals surface area contributed by atoms with Gasteiger partial charge in [0, 0.05) is 37.2 Å². The summed E-state index contributed by atoms with van der Waals surface area (Å²) >= 11 is 0. The Kier molecular flexibility index (Phi) is 4.40. The lowest BCUT2D eigenvalue weighted by Crippen LogP contribution is -2.55. The Labute approximate surface area is 199 Å². The van der Waals surface area contributed by atoms with E-state index < -0.39 is 0 Å². The maximum atomic E-state index is 13.3. The maximum absolute atomic E-state index is 13.3. The van der Waals surface area contributed by atoms with E-state index in [0.717, 1.165) is 61.2 Å². The fraction of sp³-hybridized carbons (Fsp3) is 0.444. The van der Waals surface area contributed by atoms with Gasteiger partial charge in [0.2, 0.25) is 11.8 Å². The molecule has 5 aliphatic rings. The van der Waals surface area contributed by atoms with E-state index in [4.69, 9.17) is 0 Å². The predicted octanol–water partition coefficient (Wildman–Crippen LogP) is 3.14. The minimum Gasteiger partial charge on any atom is -0.346 e. The van der Waals surface area contributed by atoms with E-state index in [1.54, 1.807) is 6.34 Å². The standard InChI is InChI=1S/C27H29N5O2/c33-25(20-5-6-20)31-13-17(14-31)15-32-24(30-27(9-10-27)26(32)34)19-3-1-18(2-4-19)21-7-8-22-12-28-16-29-23(22)11-21/h1-4,7-8,11,16-17,20,24,30H,5-6,9-10,12-15H2,(H,28,29). The van der Waals surface area contributed by atoms with Crippen molar-refractivity contribution >= 4 is 23.8 Å². The number of hydrogen-bond acceptors (Lipinski definition) is 5. The molecule has 2 saturated heterocycles. The van der Waals surface area contributed by atoms with Gasteiger partial charge in [-0.25, -0.2) is 0 Å². The minimum absolute atomic E-state index is 0.0985. The molecule has 1 atom stereocenters. The van der Waals surface area contributed by atoms with Gasteiger partial charge in [-0.05, 0) is 54.0 Å². The number of benzene rings is 2. The summed E-state index contributed by atoms with van der Waals surface area (Å²) in [6.45, 7) is 3.00. The summed E-state index contributed by atoms with van der Waals surface area (Å²) in [5.74, 6) is 1.19. The smallest absolute Gasteiger partial charge is 0.244 e. The van der Waals surface area contributed by atoms with Gasteiger partial charge in [-0.2, -0.15) is 0 Å². The molecule has 34 heavy (non-hydrogen) atoms. The molecule has 2 aromatic carbocycles. The lowest BCUT2D eigenvalue weighted by atomic mass is 9.97. The van der Waals surface area contributed by atoms with Crippen molar-refractivity contribution in [2.24, 2.45) is 16.8 Å². The van der Waals surface area contributed by atoms with Gasteiger partial charge >= 0.3 is 0 Å². The third kappa shape index (κ3) is 3.33. The molecule has 0 radical (unpaired) electrons. The highest BCUT2D eigenvalue weighted by molar-refractivity contribution is 5.92. The average molecular weight is 456 g/mol. The molecule has 0 bridgehead atoms. The van der Waals surface area contributed by atoms with Crippen LogP contribution in [-0.2, 0) is 16.1 Å². The number of carbonyl (C=O) groups is 2. The molecule has 2 aliphatic carbocycles. The molecular weight excluding hydrogens is 426 g/mol. The Morgan fingerprint density at radius 3 is 2.56 bits per heavy atom. The van der Waals surface area contributed by atoms with Crippen LogP contribution in [-0.4, -0.2) is 53.1 Å². The number of likely N-dealkylation sites (tertiary alicyclic amines) is 1. The van der Waals surface area contributed by atoms with Crippen LogP contribution in [0.15, 0.2) is 47.5 Å². The van der Waals surface area contributed by atoms with Crippen LogP contribution in [0.4, 0.5) is 5.69 Å². The molecular formula is C27H29N5O2. The fourth-order valence-corrected chi connectivity index (χ4v) is 5.61. The molecule has 1 unspecified atom stereocenters. The number of aliphatic imine (C=N–C) groups is 1. The van der Waals surface area contributed by atoms with Crippen molar-refractivity contribution in [3.05, 3.63) is 53.6 Å².